The second-order valence-electron chi connectivity index (χ2n) is 6.88. The molecule has 0 spiro atoms. The molecule has 1 amide bonds. The number of piperazine rings is 1. The van der Waals surface area contributed by atoms with Crippen molar-refractivity contribution in [1.29, 1.82) is 0 Å². The van der Waals surface area contributed by atoms with Crippen LogP contribution in [0, 0.1) is 19.8 Å². The van der Waals surface area contributed by atoms with Gasteiger partial charge in [0.2, 0.25) is 15.9 Å². The molecule has 0 atom stereocenters. The number of amides is 1. The van der Waals surface area contributed by atoms with Crippen LogP contribution in [-0.4, -0.2) is 62.9 Å². The smallest absolute Gasteiger partial charge is 0.243 e. The van der Waals surface area contributed by atoms with Crippen LogP contribution < -0.4 is 0 Å². The van der Waals surface area contributed by atoms with E-state index in [1.165, 1.54) is 4.31 Å². The van der Waals surface area contributed by atoms with Gasteiger partial charge in [0.1, 0.15) is 0 Å². The highest BCUT2D eigenvalue weighted by Crippen LogP contribution is 2.24. The molecule has 0 aliphatic carbocycles. The van der Waals surface area contributed by atoms with Crippen LogP contribution in [-0.2, 0) is 19.6 Å². The van der Waals surface area contributed by atoms with Crippen LogP contribution in [0.3, 0.4) is 0 Å². The lowest BCUT2D eigenvalue weighted by Gasteiger charge is -2.36. The van der Waals surface area contributed by atoms with Crippen molar-refractivity contribution < 1.29 is 17.9 Å². The Labute approximate surface area is 149 Å². The predicted molar refractivity (Wildman–Crippen MR) is 94.8 cm³/mol. The lowest BCUT2D eigenvalue weighted by Crippen LogP contribution is -2.52. The van der Waals surface area contributed by atoms with Gasteiger partial charge in [-0.3, -0.25) is 4.79 Å². The molecule has 0 saturated carbocycles. The van der Waals surface area contributed by atoms with E-state index >= 15 is 0 Å². The van der Waals surface area contributed by atoms with Gasteiger partial charge in [0.15, 0.2) is 0 Å². The molecule has 1 aromatic rings. The van der Waals surface area contributed by atoms with Gasteiger partial charge in [-0.1, -0.05) is 12.1 Å². The van der Waals surface area contributed by atoms with E-state index in [0.29, 0.717) is 44.3 Å². The maximum atomic E-state index is 12.9. The third-order valence-corrected chi connectivity index (χ3v) is 7.12. The van der Waals surface area contributed by atoms with E-state index in [4.69, 9.17) is 4.74 Å². The van der Waals surface area contributed by atoms with Crippen molar-refractivity contribution in [3.63, 3.8) is 0 Å². The van der Waals surface area contributed by atoms with Crippen LogP contribution in [0.5, 0.6) is 0 Å². The van der Waals surface area contributed by atoms with Crippen molar-refractivity contribution in [2.24, 2.45) is 5.92 Å². The SMILES string of the molecule is Cc1ccc(C)c(S(=O)(=O)N2CCN(C(=O)C3CCOCC3)CC2)c1. The number of aryl methyl sites for hydroxylation is 2. The van der Waals surface area contributed by atoms with Crippen molar-refractivity contribution in [2.45, 2.75) is 31.6 Å². The fourth-order valence-electron chi connectivity index (χ4n) is 3.48. The summed E-state index contributed by atoms with van der Waals surface area (Å²) < 4.78 is 32.7. The van der Waals surface area contributed by atoms with E-state index in [0.717, 1.165) is 24.0 Å². The summed E-state index contributed by atoms with van der Waals surface area (Å²) in [5.74, 6) is 0.169. The van der Waals surface area contributed by atoms with E-state index in [9.17, 15) is 13.2 Å². The quantitative estimate of drug-likeness (QED) is 0.814. The van der Waals surface area contributed by atoms with Crippen molar-refractivity contribution in [3.8, 4) is 0 Å². The normalized spacial score (nSPS) is 20.6. The maximum absolute atomic E-state index is 12.9. The molecule has 0 unspecified atom stereocenters. The summed E-state index contributed by atoms with van der Waals surface area (Å²) in [5, 5.41) is 0. The van der Waals surface area contributed by atoms with Crippen LogP contribution in [0.25, 0.3) is 0 Å². The number of benzene rings is 1. The fourth-order valence-corrected chi connectivity index (χ4v) is 5.21. The maximum Gasteiger partial charge on any atom is 0.243 e. The summed E-state index contributed by atoms with van der Waals surface area (Å²) in [5.41, 5.74) is 1.68. The van der Waals surface area contributed by atoms with Crippen LogP contribution in [0.1, 0.15) is 24.0 Å². The lowest BCUT2D eigenvalue weighted by molar-refractivity contribution is -0.139. The number of carbonyl (C=O) groups excluding carboxylic acids is 1. The number of hydrogen-bond acceptors (Lipinski definition) is 4. The van der Waals surface area contributed by atoms with Crippen molar-refractivity contribution in [1.82, 2.24) is 9.21 Å². The highest BCUT2D eigenvalue weighted by atomic mass is 32.2. The molecule has 0 N–H and O–H groups in total. The largest absolute Gasteiger partial charge is 0.381 e. The number of hydrogen-bond donors (Lipinski definition) is 0. The van der Waals surface area contributed by atoms with Gasteiger partial charge in [-0.25, -0.2) is 8.42 Å². The average Bonchev–Trinajstić information content (AvgIpc) is 2.64. The Morgan fingerprint density at radius 2 is 1.72 bits per heavy atom. The third-order valence-electron chi connectivity index (χ3n) is 5.08. The van der Waals surface area contributed by atoms with E-state index in [2.05, 4.69) is 0 Å². The topological polar surface area (TPSA) is 66.9 Å². The zero-order chi connectivity index (χ0) is 18.0. The van der Waals surface area contributed by atoms with Crippen LogP contribution >= 0.6 is 0 Å². The Morgan fingerprint density at radius 3 is 2.36 bits per heavy atom. The molecule has 2 aliphatic rings. The van der Waals surface area contributed by atoms with Gasteiger partial charge in [0, 0.05) is 45.3 Å². The van der Waals surface area contributed by atoms with Gasteiger partial charge < -0.3 is 9.64 Å². The molecule has 2 saturated heterocycles. The molecule has 2 heterocycles. The standard InChI is InChI=1S/C18H26N2O4S/c1-14-3-4-15(2)17(13-14)25(22,23)20-9-7-19(8-10-20)18(21)16-5-11-24-12-6-16/h3-4,13,16H,5-12H2,1-2H3. The van der Waals surface area contributed by atoms with Gasteiger partial charge in [0.25, 0.3) is 0 Å². The Balaban J connectivity index is 1.67. The van der Waals surface area contributed by atoms with E-state index < -0.39 is 10.0 Å². The summed E-state index contributed by atoms with van der Waals surface area (Å²) in [6.07, 6.45) is 1.53. The molecule has 1 aromatic carbocycles. The van der Waals surface area contributed by atoms with Crippen LogP contribution in [0.2, 0.25) is 0 Å². The van der Waals surface area contributed by atoms with Crippen molar-refractivity contribution >= 4 is 15.9 Å². The molecule has 0 radical (unpaired) electrons. The Bertz CT molecular complexity index is 733. The average molecular weight is 366 g/mol. The van der Waals surface area contributed by atoms with Crippen molar-refractivity contribution in [3.05, 3.63) is 29.3 Å². The Kier molecular flexibility index (Phi) is 5.46. The number of rotatable bonds is 3. The van der Waals surface area contributed by atoms with E-state index in [1.54, 1.807) is 6.07 Å². The molecule has 2 fully saturated rings. The minimum absolute atomic E-state index is 0.0240. The first-order valence-electron chi connectivity index (χ1n) is 8.83. The second-order valence-corrected chi connectivity index (χ2v) is 8.79. The van der Waals surface area contributed by atoms with Gasteiger partial charge in [-0.2, -0.15) is 4.31 Å². The third kappa shape index (κ3) is 3.88. The number of nitrogens with zero attached hydrogens (tertiary/aromatic N) is 2. The summed E-state index contributed by atoms with van der Waals surface area (Å²) in [7, 11) is -3.51. The molecule has 25 heavy (non-hydrogen) atoms. The molecular weight excluding hydrogens is 340 g/mol. The summed E-state index contributed by atoms with van der Waals surface area (Å²) in [6, 6.07) is 5.48. The fraction of sp³-hybridized carbons (Fsp3) is 0.611. The highest BCUT2D eigenvalue weighted by molar-refractivity contribution is 7.89. The minimum Gasteiger partial charge on any atom is -0.381 e. The summed E-state index contributed by atoms with van der Waals surface area (Å²) >= 11 is 0. The first-order chi connectivity index (χ1) is 11.9. The minimum atomic E-state index is -3.51. The summed E-state index contributed by atoms with van der Waals surface area (Å²) in [4.78, 5) is 14.8. The first-order valence-corrected chi connectivity index (χ1v) is 10.3. The van der Waals surface area contributed by atoms with Gasteiger partial charge in [0.05, 0.1) is 4.90 Å². The number of sulfonamides is 1. The second kappa shape index (κ2) is 7.43. The molecular formula is C18H26N2O4S. The molecule has 0 aromatic heterocycles. The molecule has 6 nitrogen and oxygen atoms in total. The van der Waals surface area contributed by atoms with Gasteiger partial charge >= 0.3 is 0 Å². The van der Waals surface area contributed by atoms with Crippen LogP contribution in [0.4, 0.5) is 0 Å². The molecule has 3 rings (SSSR count). The summed E-state index contributed by atoms with van der Waals surface area (Å²) in [6.45, 7) is 6.60. The lowest BCUT2D eigenvalue weighted by atomic mass is 9.98. The number of carbonyl (C=O) groups is 1. The van der Waals surface area contributed by atoms with Gasteiger partial charge in [-0.05, 0) is 43.9 Å². The Hall–Kier alpha value is -1.44. The van der Waals surface area contributed by atoms with Crippen LogP contribution in [0.15, 0.2) is 23.1 Å². The first kappa shape index (κ1) is 18.4. The van der Waals surface area contributed by atoms with Gasteiger partial charge in [-0.15, -0.1) is 0 Å². The number of ether oxygens (including phenoxy) is 1. The van der Waals surface area contributed by atoms with E-state index in [1.807, 2.05) is 30.9 Å². The monoisotopic (exact) mass is 366 g/mol. The Morgan fingerprint density at radius 1 is 1.08 bits per heavy atom. The van der Waals surface area contributed by atoms with E-state index in [-0.39, 0.29) is 11.8 Å². The molecule has 0 bridgehead atoms. The zero-order valence-corrected chi connectivity index (χ0v) is 15.7. The highest BCUT2D eigenvalue weighted by Gasteiger charge is 2.33. The molecule has 138 valence electrons. The zero-order valence-electron chi connectivity index (χ0n) is 14.9. The predicted octanol–water partition coefficient (Wildman–Crippen LogP) is 1.56. The molecule has 7 heteroatoms. The molecule has 2 aliphatic heterocycles. The van der Waals surface area contributed by atoms with Crippen molar-refractivity contribution in [2.75, 3.05) is 39.4 Å².